The van der Waals surface area contributed by atoms with Gasteiger partial charge in [0.15, 0.2) is 0 Å². The van der Waals surface area contributed by atoms with Crippen LogP contribution >= 0.6 is 22.9 Å². The van der Waals surface area contributed by atoms with Gasteiger partial charge in [-0.05, 0) is 6.07 Å². The van der Waals surface area contributed by atoms with Crippen LogP contribution in [0.3, 0.4) is 0 Å². The van der Waals surface area contributed by atoms with Gasteiger partial charge in [0.05, 0.1) is 23.5 Å². The molecule has 0 saturated carbocycles. The number of fused-ring (bicyclic) bond motifs is 1. The van der Waals surface area contributed by atoms with Gasteiger partial charge in [0.1, 0.15) is 6.54 Å². The molecule has 7 heteroatoms. The summed E-state index contributed by atoms with van der Waals surface area (Å²) >= 11 is 8.05. The number of nitrogens with two attached hydrogens (primary N) is 1. The van der Waals surface area contributed by atoms with E-state index in [2.05, 4.69) is 16.5 Å². The fourth-order valence-electron chi connectivity index (χ4n) is 2.06. The van der Waals surface area contributed by atoms with Crippen LogP contribution in [0.25, 0.3) is 10.1 Å². The van der Waals surface area contributed by atoms with Crippen LogP contribution in [0.2, 0.25) is 5.02 Å². The second-order valence-electron chi connectivity index (χ2n) is 4.58. The van der Waals surface area contributed by atoms with Crippen molar-refractivity contribution in [1.29, 1.82) is 0 Å². The lowest BCUT2D eigenvalue weighted by Gasteiger charge is -2.01. The maximum atomic E-state index is 10.8. The standard InChI is InChI=1S/C14H13ClN4OS/c15-14-10-3-1-2-4-11(10)21-12(14)6-17-9-5-18-19(7-9)8-13(16)20/h1-5,7,17H,6,8H2,(H2,16,20). The molecule has 2 aromatic heterocycles. The summed E-state index contributed by atoms with van der Waals surface area (Å²) in [7, 11) is 0. The van der Waals surface area contributed by atoms with Gasteiger partial charge in [-0.15, -0.1) is 11.3 Å². The summed E-state index contributed by atoms with van der Waals surface area (Å²) in [6, 6.07) is 8.05. The van der Waals surface area contributed by atoms with E-state index in [0.717, 1.165) is 21.0 Å². The Morgan fingerprint density at radius 3 is 3.00 bits per heavy atom. The number of rotatable bonds is 5. The number of carbonyl (C=O) groups excluding carboxylic acids is 1. The smallest absolute Gasteiger partial charge is 0.239 e. The molecule has 0 fully saturated rings. The Labute approximate surface area is 130 Å². The summed E-state index contributed by atoms with van der Waals surface area (Å²) in [6.07, 6.45) is 3.40. The molecule has 1 amide bonds. The van der Waals surface area contributed by atoms with Crippen LogP contribution in [0, 0.1) is 0 Å². The molecular weight excluding hydrogens is 308 g/mol. The molecule has 0 aliphatic carbocycles. The largest absolute Gasteiger partial charge is 0.378 e. The highest BCUT2D eigenvalue weighted by atomic mass is 35.5. The highest BCUT2D eigenvalue weighted by Crippen LogP contribution is 2.35. The van der Waals surface area contributed by atoms with Gasteiger partial charge in [-0.1, -0.05) is 29.8 Å². The molecule has 0 spiro atoms. The van der Waals surface area contributed by atoms with E-state index in [9.17, 15) is 4.79 Å². The number of carbonyl (C=O) groups is 1. The Balaban J connectivity index is 1.73. The van der Waals surface area contributed by atoms with Crippen LogP contribution in [-0.2, 0) is 17.9 Å². The van der Waals surface area contributed by atoms with Crippen LogP contribution in [0.5, 0.6) is 0 Å². The third-order valence-corrected chi connectivity index (χ3v) is 4.72. The van der Waals surface area contributed by atoms with Crippen molar-refractivity contribution in [3.8, 4) is 0 Å². The number of hydrogen-bond donors (Lipinski definition) is 2. The van der Waals surface area contributed by atoms with Crippen molar-refractivity contribution in [3.05, 3.63) is 46.6 Å². The molecule has 0 bridgehead atoms. The molecule has 3 rings (SSSR count). The third-order valence-electron chi connectivity index (χ3n) is 3.01. The number of primary amides is 1. The van der Waals surface area contributed by atoms with Gasteiger partial charge < -0.3 is 11.1 Å². The normalized spacial score (nSPS) is 10.9. The Bertz CT molecular complexity index is 795. The average Bonchev–Trinajstić information content (AvgIpc) is 3.02. The van der Waals surface area contributed by atoms with E-state index in [1.807, 2.05) is 18.2 Å². The highest BCUT2D eigenvalue weighted by Gasteiger charge is 2.10. The van der Waals surface area contributed by atoms with E-state index in [-0.39, 0.29) is 6.54 Å². The molecule has 0 atom stereocenters. The molecule has 0 saturated heterocycles. The number of nitrogens with zero attached hydrogens (tertiary/aromatic N) is 2. The number of anilines is 1. The van der Waals surface area contributed by atoms with Crippen LogP contribution < -0.4 is 11.1 Å². The maximum Gasteiger partial charge on any atom is 0.239 e. The fraction of sp³-hybridized carbons (Fsp3) is 0.143. The Kier molecular flexibility index (Phi) is 3.81. The number of hydrogen-bond acceptors (Lipinski definition) is 4. The zero-order valence-electron chi connectivity index (χ0n) is 11.0. The van der Waals surface area contributed by atoms with Gasteiger partial charge in [-0.25, -0.2) is 0 Å². The van der Waals surface area contributed by atoms with Crippen molar-refractivity contribution in [2.75, 3.05) is 5.32 Å². The molecule has 0 radical (unpaired) electrons. The molecule has 0 aliphatic rings. The molecule has 0 unspecified atom stereocenters. The molecule has 1 aromatic carbocycles. The van der Waals surface area contributed by atoms with Gasteiger partial charge >= 0.3 is 0 Å². The Morgan fingerprint density at radius 1 is 1.43 bits per heavy atom. The number of thiophene rings is 1. The average molecular weight is 321 g/mol. The minimum Gasteiger partial charge on any atom is -0.378 e. The summed E-state index contributed by atoms with van der Waals surface area (Å²) in [5.74, 6) is -0.419. The minimum atomic E-state index is -0.419. The maximum absolute atomic E-state index is 10.8. The molecule has 3 aromatic rings. The van der Waals surface area contributed by atoms with E-state index in [1.165, 1.54) is 9.38 Å². The van der Waals surface area contributed by atoms with Crippen molar-refractivity contribution in [2.24, 2.45) is 5.73 Å². The first-order valence-electron chi connectivity index (χ1n) is 6.34. The summed E-state index contributed by atoms with van der Waals surface area (Å²) in [5, 5.41) is 9.16. The predicted octanol–water partition coefficient (Wildman–Crippen LogP) is 2.85. The molecule has 3 N–H and O–H groups in total. The Hall–Kier alpha value is -2.05. The van der Waals surface area contributed by atoms with Crippen molar-refractivity contribution in [3.63, 3.8) is 0 Å². The second-order valence-corrected chi connectivity index (χ2v) is 6.10. The lowest BCUT2D eigenvalue weighted by Crippen LogP contribution is -2.18. The molecule has 2 heterocycles. The van der Waals surface area contributed by atoms with Crippen LogP contribution in [0.4, 0.5) is 5.69 Å². The van der Waals surface area contributed by atoms with E-state index in [0.29, 0.717) is 6.54 Å². The van der Waals surface area contributed by atoms with E-state index < -0.39 is 5.91 Å². The lowest BCUT2D eigenvalue weighted by molar-refractivity contribution is -0.118. The van der Waals surface area contributed by atoms with E-state index in [1.54, 1.807) is 23.7 Å². The summed E-state index contributed by atoms with van der Waals surface area (Å²) in [6.45, 7) is 0.686. The number of halogens is 1. The number of nitrogens with one attached hydrogen (secondary N) is 1. The quantitative estimate of drug-likeness (QED) is 0.759. The van der Waals surface area contributed by atoms with Crippen molar-refractivity contribution >= 4 is 44.6 Å². The summed E-state index contributed by atoms with van der Waals surface area (Å²) in [5.41, 5.74) is 5.95. The molecule has 108 valence electrons. The topological polar surface area (TPSA) is 72.9 Å². The molecule has 0 aliphatic heterocycles. The zero-order chi connectivity index (χ0) is 14.8. The summed E-state index contributed by atoms with van der Waals surface area (Å²) in [4.78, 5) is 11.9. The van der Waals surface area contributed by atoms with Crippen LogP contribution in [0.1, 0.15) is 4.88 Å². The minimum absolute atomic E-state index is 0.0747. The third kappa shape index (κ3) is 3.01. The van der Waals surface area contributed by atoms with E-state index in [4.69, 9.17) is 17.3 Å². The predicted molar refractivity (Wildman–Crippen MR) is 85.6 cm³/mol. The lowest BCUT2D eigenvalue weighted by atomic mass is 10.2. The van der Waals surface area contributed by atoms with Crippen molar-refractivity contribution < 1.29 is 4.79 Å². The number of benzene rings is 1. The first-order valence-corrected chi connectivity index (χ1v) is 7.53. The van der Waals surface area contributed by atoms with Gasteiger partial charge in [0, 0.05) is 21.2 Å². The number of amides is 1. The van der Waals surface area contributed by atoms with E-state index >= 15 is 0 Å². The Morgan fingerprint density at radius 2 is 2.24 bits per heavy atom. The van der Waals surface area contributed by atoms with Crippen LogP contribution in [-0.4, -0.2) is 15.7 Å². The van der Waals surface area contributed by atoms with Gasteiger partial charge in [0.25, 0.3) is 0 Å². The van der Waals surface area contributed by atoms with Crippen molar-refractivity contribution in [1.82, 2.24) is 9.78 Å². The molecular formula is C14H13ClN4OS. The van der Waals surface area contributed by atoms with Gasteiger partial charge in [-0.3, -0.25) is 9.48 Å². The molecule has 21 heavy (non-hydrogen) atoms. The van der Waals surface area contributed by atoms with Crippen molar-refractivity contribution in [2.45, 2.75) is 13.1 Å². The highest BCUT2D eigenvalue weighted by molar-refractivity contribution is 7.19. The van der Waals surface area contributed by atoms with Gasteiger partial charge in [-0.2, -0.15) is 5.10 Å². The van der Waals surface area contributed by atoms with Gasteiger partial charge in [0.2, 0.25) is 5.91 Å². The van der Waals surface area contributed by atoms with Crippen LogP contribution in [0.15, 0.2) is 36.7 Å². The summed E-state index contributed by atoms with van der Waals surface area (Å²) < 4.78 is 2.67. The first-order chi connectivity index (χ1) is 10.1. The molecule has 5 nitrogen and oxygen atoms in total. The second kappa shape index (κ2) is 5.75. The fourth-order valence-corrected chi connectivity index (χ4v) is 3.50. The first kappa shape index (κ1) is 13.9. The number of aromatic nitrogens is 2. The zero-order valence-corrected chi connectivity index (χ0v) is 12.6. The SMILES string of the molecule is NC(=O)Cn1cc(NCc2sc3ccccc3c2Cl)cn1. The monoisotopic (exact) mass is 320 g/mol.